The van der Waals surface area contributed by atoms with E-state index in [1.54, 1.807) is 31.2 Å². The van der Waals surface area contributed by atoms with Crippen LogP contribution < -0.4 is 5.32 Å². The maximum atomic E-state index is 11.2. The van der Waals surface area contributed by atoms with E-state index in [4.69, 9.17) is 0 Å². The summed E-state index contributed by atoms with van der Waals surface area (Å²) < 4.78 is 4.56. The number of rotatable bonds is 5. The molecule has 1 N–H and O–H groups in total. The number of nitrogens with zero attached hydrogens (tertiary/aromatic N) is 1. The van der Waals surface area contributed by atoms with Crippen LogP contribution in [-0.2, 0) is 4.74 Å². The lowest BCUT2D eigenvalue weighted by Crippen LogP contribution is -2.24. The Balaban J connectivity index is 2.62. The summed E-state index contributed by atoms with van der Waals surface area (Å²) in [5.74, 6) is -0.408. The first-order valence-corrected chi connectivity index (χ1v) is 5.09. The molecule has 0 aliphatic rings. The average molecular weight is 238 g/mol. The fourth-order valence-corrected chi connectivity index (χ4v) is 1.37. The van der Waals surface area contributed by atoms with E-state index in [0.717, 1.165) is 5.69 Å². The molecule has 0 radical (unpaired) electrons. The SMILES string of the molecule is COC(=O)c1ccc(NC(C)C[N+](=O)[O-])cc1. The van der Waals surface area contributed by atoms with E-state index in [1.165, 1.54) is 7.11 Å². The monoisotopic (exact) mass is 238 g/mol. The van der Waals surface area contributed by atoms with Crippen LogP contribution in [0.4, 0.5) is 5.69 Å². The van der Waals surface area contributed by atoms with Gasteiger partial charge in [-0.3, -0.25) is 10.1 Å². The molecule has 0 aliphatic heterocycles. The number of anilines is 1. The van der Waals surface area contributed by atoms with Crippen LogP contribution in [0.1, 0.15) is 17.3 Å². The Labute approximate surface area is 98.7 Å². The van der Waals surface area contributed by atoms with Gasteiger partial charge in [-0.1, -0.05) is 0 Å². The second-order valence-corrected chi connectivity index (χ2v) is 3.63. The predicted octanol–water partition coefficient (Wildman–Crippen LogP) is 1.55. The minimum absolute atomic E-state index is 0.154. The van der Waals surface area contributed by atoms with Gasteiger partial charge in [-0.05, 0) is 31.2 Å². The summed E-state index contributed by atoms with van der Waals surface area (Å²) in [6, 6.07) is 6.31. The highest BCUT2D eigenvalue weighted by Crippen LogP contribution is 2.11. The van der Waals surface area contributed by atoms with E-state index in [1.807, 2.05) is 0 Å². The number of esters is 1. The van der Waals surface area contributed by atoms with Gasteiger partial charge in [0.2, 0.25) is 6.54 Å². The minimum atomic E-state index is -0.408. The molecule has 0 aliphatic carbocycles. The molecule has 6 nitrogen and oxygen atoms in total. The average Bonchev–Trinajstić information content (AvgIpc) is 2.28. The lowest BCUT2D eigenvalue weighted by molar-refractivity contribution is -0.481. The Hall–Kier alpha value is -2.11. The van der Waals surface area contributed by atoms with Crippen LogP contribution in [0.5, 0.6) is 0 Å². The molecule has 1 aromatic carbocycles. The van der Waals surface area contributed by atoms with E-state index in [2.05, 4.69) is 10.1 Å². The van der Waals surface area contributed by atoms with Crippen LogP contribution in [0.3, 0.4) is 0 Å². The summed E-state index contributed by atoms with van der Waals surface area (Å²) in [5, 5.41) is 13.3. The van der Waals surface area contributed by atoms with Crippen LogP contribution in [-0.4, -0.2) is 30.6 Å². The molecule has 1 atom stereocenters. The van der Waals surface area contributed by atoms with Gasteiger partial charge in [-0.25, -0.2) is 4.79 Å². The third kappa shape index (κ3) is 4.10. The Kier molecular flexibility index (Phi) is 4.45. The van der Waals surface area contributed by atoms with Gasteiger partial charge in [0.15, 0.2) is 0 Å². The molecule has 0 heterocycles. The lowest BCUT2D eigenvalue weighted by atomic mass is 10.2. The molecular formula is C11H14N2O4. The molecule has 0 saturated heterocycles. The molecule has 17 heavy (non-hydrogen) atoms. The Morgan fingerprint density at radius 1 is 1.47 bits per heavy atom. The lowest BCUT2D eigenvalue weighted by Gasteiger charge is -2.11. The van der Waals surface area contributed by atoms with Crippen molar-refractivity contribution in [3.63, 3.8) is 0 Å². The molecule has 0 saturated carbocycles. The molecular weight excluding hydrogens is 224 g/mol. The minimum Gasteiger partial charge on any atom is -0.465 e. The molecule has 1 unspecified atom stereocenters. The van der Waals surface area contributed by atoms with Crippen molar-refractivity contribution < 1.29 is 14.5 Å². The summed E-state index contributed by atoms with van der Waals surface area (Å²) in [6.07, 6.45) is 0. The second kappa shape index (κ2) is 5.83. The van der Waals surface area contributed by atoms with E-state index in [-0.39, 0.29) is 17.5 Å². The van der Waals surface area contributed by atoms with Gasteiger partial charge >= 0.3 is 5.97 Å². The van der Waals surface area contributed by atoms with Crippen molar-refractivity contribution in [1.82, 2.24) is 0 Å². The van der Waals surface area contributed by atoms with E-state index in [9.17, 15) is 14.9 Å². The number of benzene rings is 1. The molecule has 0 amide bonds. The van der Waals surface area contributed by atoms with Crippen LogP contribution in [0.2, 0.25) is 0 Å². The van der Waals surface area contributed by atoms with Crippen LogP contribution in [0.15, 0.2) is 24.3 Å². The number of nitro groups is 1. The largest absolute Gasteiger partial charge is 0.465 e. The van der Waals surface area contributed by atoms with Crippen molar-refractivity contribution in [2.45, 2.75) is 13.0 Å². The maximum absolute atomic E-state index is 11.2. The van der Waals surface area contributed by atoms with Crippen molar-refractivity contribution in [3.8, 4) is 0 Å². The Bertz CT molecular complexity index is 402. The van der Waals surface area contributed by atoms with E-state index in [0.29, 0.717) is 5.56 Å². The van der Waals surface area contributed by atoms with Gasteiger partial charge in [0.25, 0.3) is 0 Å². The summed E-state index contributed by atoms with van der Waals surface area (Å²) in [5.41, 5.74) is 1.17. The highest BCUT2D eigenvalue weighted by atomic mass is 16.6. The number of methoxy groups -OCH3 is 1. The predicted molar refractivity (Wildman–Crippen MR) is 62.7 cm³/mol. The molecule has 0 bridgehead atoms. The van der Waals surface area contributed by atoms with Gasteiger partial charge in [0.1, 0.15) is 0 Å². The fraction of sp³-hybridized carbons (Fsp3) is 0.364. The molecule has 6 heteroatoms. The van der Waals surface area contributed by atoms with Crippen molar-refractivity contribution in [1.29, 1.82) is 0 Å². The molecule has 0 spiro atoms. The first kappa shape index (κ1) is 13.0. The summed E-state index contributed by atoms with van der Waals surface area (Å²) in [7, 11) is 1.31. The maximum Gasteiger partial charge on any atom is 0.337 e. The summed E-state index contributed by atoms with van der Waals surface area (Å²) in [6.45, 7) is 1.57. The van der Waals surface area contributed by atoms with E-state index < -0.39 is 5.97 Å². The quantitative estimate of drug-likeness (QED) is 0.478. The molecule has 1 rings (SSSR count). The Morgan fingerprint density at radius 3 is 2.53 bits per heavy atom. The highest BCUT2D eigenvalue weighted by molar-refractivity contribution is 5.89. The van der Waals surface area contributed by atoms with Gasteiger partial charge in [0, 0.05) is 10.6 Å². The third-order valence-electron chi connectivity index (χ3n) is 2.14. The fourth-order valence-electron chi connectivity index (χ4n) is 1.37. The second-order valence-electron chi connectivity index (χ2n) is 3.63. The zero-order valence-corrected chi connectivity index (χ0v) is 9.67. The summed E-state index contributed by atoms with van der Waals surface area (Å²) >= 11 is 0. The van der Waals surface area contributed by atoms with Crippen LogP contribution >= 0.6 is 0 Å². The number of ether oxygens (including phenoxy) is 1. The van der Waals surface area contributed by atoms with Crippen LogP contribution in [0, 0.1) is 10.1 Å². The molecule has 1 aromatic rings. The van der Waals surface area contributed by atoms with Crippen molar-refractivity contribution in [3.05, 3.63) is 39.9 Å². The van der Waals surface area contributed by atoms with Crippen molar-refractivity contribution >= 4 is 11.7 Å². The number of hydrogen-bond acceptors (Lipinski definition) is 5. The van der Waals surface area contributed by atoms with Gasteiger partial charge < -0.3 is 10.1 Å². The highest BCUT2D eigenvalue weighted by Gasteiger charge is 2.09. The molecule has 0 fully saturated rings. The van der Waals surface area contributed by atoms with E-state index >= 15 is 0 Å². The smallest absolute Gasteiger partial charge is 0.337 e. The number of hydrogen-bond donors (Lipinski definition) is 1. The number of carbonyl (C=O) groups is 1. The van der Waals surface area contributed by atoms with Gasteiger partial charge in [0.05, 0.1) is 18.7 Å². The van der Waals surface area contributed by atoms with Crippen molar-refractivity contribution in [2.24, 2.45) is 0 Å². The van der Waals surface area contributed by atoms with Crippen molar-refractivity contribution in [2.75, 3.05) is 19.0 Å². The summed E-state index contributed by atoms with van der Waals surface area (Å²) in [4.78, 5) is 21.1. The molecule has 0 aromatic heterocycles. The third-order valence-corrected chi connectivity index (χ3v) is 2.14. The normalized spacial score (nSPS) is 11.6. The van der Waals surface area contributed by atoms with Gasteiger partial charge in [-0.15, -0.1) is 0 Å². The standard InChI is InChI=1S/C11H14N2O4/c1-8(7-13(15)16)12-10-5-3-9(4-6-10)11(14)17-2/h3-6,8,12H,7H2,1-2H3. The van der Waals surface area contributed by atoms with Gasteiger partial charge in [-0.2, -0.15) is 0 Å². The Morgan fingerprint density at radius 2 is 2.06 bits per heavy atom. The topological polar surface area (TPSA) is 81.5 Å². The van der Waals surface area contributed by atoms with Crippen LogP contribution in [0.25, 0.3) is 0 Å². The number of nitrogens with one attached hydrogen (secondary N) is 1. The zero-order valence-electron chi connectivity index (χ0n) is 9.67. The first-order chi connectivity index (χ1) is 8.02. The zero-order chi connectivity index (χ0) is 12.8. The first-order valence-electron chi connectivity index (χ1n) is 5.09. The number of carbonyl (C=O) groups excluding carboxylic acids is 1. The molecule has 92 valence electrons.